The van der Waals surface area contributed by atoms with Gasteiger partial charge in [-0.2, -0.15) is 0 Å². The second-order valence-corrected chi connectivity index (χ2v) is 4.46. The Morgan fingerprint density at radius 1 is 1.38 bits per heavy atom. The fourth-order valence-corrected chi connectivity index (χ4v) is 2.52. The summed E-state index contributed by atoms with van der Waals surface area (Å²) in [7, 11) is 0. The normalized spacial score (nSPS) is 21.0. The van der Waals surface area contributed by atoms with Gasteiger partial charge in [-0.1, -0.05) is 32.0 Å². The number of hydrogen-bond acceptors (Lipinski definition) is 2. The molecule has 0 amide bonds. The molecule has 2 rings (SSSR count). The van der Waals surface area contributed by atoms with E-state index in [4.69, 9.17) is 4.74 Å². The lowest BCUT2D eigenvalue weighted by atomic mass is 9.89. The maximum absolute atomic E-state index is 5.83. The molecule has 1 aromatic rings. The average molecular weight is 219 g/mol. The molecule has 0 radical (unpaired) electrons. The lowest BCUT2D eigenvalue weighted by Crippen LogP contribution is -2.41. The van der Waals surface area contributed by atoms with Crippen molar-refractivity contribution in [3.05, 3.63) is 29.8 Å². The highest BCUT2D eigenvalue weighted by Crippen LogP contribution is 2.28. The van der Waals surface area contributed by atoms with Crippen molar-refractivity contribution < 1.29 is 4.74 Å². The molecule has 0 bridgehead atoms. The zero-order valence-electron chi connectivity index (χ0n) is 10.2. The van der Waals surface area contributed by atoms with Crippen LogP contribution in [0.1, 0.15) is 25.8 Å². The summed E-state index contributed by atoms with van der Waals surface area (Å²) in [5.41, 5.74) is 1.36. The molecule has 88 valence electrons. The van der Waals surface area contributed by atoms with Crippen LogP contribution in [-0.2, 0) is 6.42 Å². The number of nitrogens with one attached hydrogen (secondary N) is 1. The van der Waals surface area contributed by atoms with Gasteiger partial charge in [0, 0.05) is 12.0 Å². The zero-order chi connectivity index (χ0) is 11.4. The summed E-state index contributed by atoms with van der Waals surface area (Å²) in [4.78, 5) is 0. The summed E-state index contributed by atoms with van der Waals surface area (Å²) < 4.78 is 5.83. The van der Waals surface area contributed by atoms with Crippen LogP contribution in [0.15, 0.2) is 24.3 Å². The molecule has 2 unspecified atom stereocenters. The van der Waals surface area contributed by atoms with E-state index in [1.807, 2.05) is 6.07 Å². The highest BCUT2D eigenvalue weighted by Gasteiger charge is 2.25. The smallest absolute Gasteiger partial charge is 0.122 e. The van der Waals surface area contributed by atoms with Crippen molar-refractivity contribution in [1.82, 2.24) is 5.32 Å². The Labute approximate surface area is 98.0 Å². The van der Waals surface area contributed by atoms with Gasteiger partial charge in [0.1, 0.15) is 5.75 Å². The Morgan fingerprint density at radius 3 is 2.94 bits per heavy atom. The molecular weight excluding hydrogens is 198 g/mol. The molecule has 1 heterocycles. The zero-order valence-corrected chi connectivity index (χ0v) is 10.2. The summed E-state index contributed by atoms with van der Waals surface area (Å²) in [6, 6.07) is 8.97. The molecule has 1 aliphatic heterocycles. The third-order valence-corrected chi connectivity index (χ3v) is 3.38. The van der Waals surface area contributed by atoms with E-state index in [1.165, 1.54) is 12.0 Å². The number of benzene rings is 1. The quantitative estimate of drug-likeness (QED) is 0.840. The largest absolute Gasteiger partial charge is 0.493 e. The van der Waals surface area contributed by atoms with Crippen LogP contribution in [-0.4, -0.2) is 19.2 Å². The Hall–Kier alpha value is -1.02. The van der Waals surface area contributed by atoms with Gasteiger partial charge in [-0.25, -0.2) is 0 Å². The van der Waals surface area contributed by atoms with E-state index in [0.29, 0.717) is 12.0 Å². The first-order valence-electron chi connectivity index (χ1n) is 6.29. The van der Waals surface area contributed by atoms with E-state index in [1.54, 1.807) is 0 Å². The predicted octanol–water partition coefficient (Wildman–Crippen LogP) is 2.63. The molecule has 1 aliphatic rings. The van der Waals surface area contributed by atoms with Gasteiger partial charge in [0.05, 0.1) is 6.61 Å². The second kappa shape index (κ2) is 5.35. The van der Waals surface area contributed by atoms with Crippen LogP contribution >= 0.6 is 0 Å². The Morgan fingerprint density at radius 2 is 2.19 bits per heavy atom. The minimum Gasteiger partial charge on any atom is -0.493 e. The molecule has 2 heteroatoms. The monoisotopic (exact) mass is 219 g/mol. The third-order valence-electron chi connectivity index (χ3n) is 3.38. The predicted molar refractivity (Wildman–Crippen MR) is 66.9 cm³/mol. The first-order valence-corrected chi connectivity index (χ1v) is 6.29. The first kappa shape index (κ1) is 11.5. The topological polar surface area (TPSA) is 21.3 Å². The SMILES string of the molecule is CCNC(CC)C1COc2ccccc2C1. The maximum atomic E-state index is 5.83. The van der Waals surface area contributed by atoms with E-state index in [2.05, 4.69) is 37.4 Å². The van der Waals surface area contributed by atoms with Crippen molar-refractivity contribution in [3.63, 3.8) is 0 Å². The molecule has 0 saturated carbocycles. The molecule has 2 nitrogen and oxygen atoms in total. The number of rotatable bonds is 4. The van der Waals surface area contributed by atoms with E-state index in [0.717, 1.165) is 25.3 Å². The van der Waals surface area contributed by atoms with Gasteiger partial charge in [-0.3, -0.25) is 0 Å². The highest BCUT2D eigenvalue weighted by atomic mass is 16.5. The molecule has 16 heavy (non-hydrogen) atoms. The molecule has 1 N–H and O–H groups in total. The summed E-state index contributed by atoms with van der Waals surface area (Å²) >= 11 is 0. The van der Waals surface area contributed by atoms with Crippen molar-refractivity contribution in [2.75, 3.05) is 13.2 Å². The fraction of sp³-hybridized carbons (Fsp3) is 0.571. The molecule has 0 spiro atoms. The third kappa shape index (κ3) is 2.38. The fourth-order valence-electron chi connectivity index (χ4n) is 2.52. The molecule has 2 atom stereocenters. The van der Waals surface area contributed by atoms with Crippen LogP contribution in [0.4, 0.5) is 0 Å². The van der Waals surface area contributed by atoms with E-state index in [-0.39, 0.29) is 0 Å². The molecule has 0 saturated heterocycles. The van der Waals surface area contributed by atoms with E-state index < -0.39 is 0 Å². The van der Waals surface area contributed by atoms with Gasteiger partial charge < -0.3 is 10.1 Å². The van der Waals surface area contributed by atoms with E-state index in [9.17, 15) is 0 Å². The highest BCUT2D eigenvalue weighted by molar-refractivity contribution is 5.35. The van der Waals surface area contributed by atoms with Gasteiger partial charge >= 0.3 is 0 Å². The van der Waals surface area contributed by atoms with Gasteiger partial charge in [0.2, 0.25) is 0 Å². The molecule has 0 fully saturated rings. The van der Waals surface area contributed by atoms with Crippen molar-refractivity contribution in [2.24, 2.45) is 5.92 Å². The minimum absolute atomic E-state index is 0.582. The van der Waals surface area contributed by atoms with Crippen molar-refractivity contribution in [3.8, 4) is 5.75 Å². The van der Waals surface area contributed by atoms with Crippen molar-refractivity contribution in [2.45, 2.75) is 32.7 Å². The van der Waals surface area contributed by atoms with Crippen LogP contribution in [0.25, 0.3) is 0 Å². The number of fused-ring (bicyclic) bond motifs is 1. The van der Waals surface area contributed by atoms with Crippen LogP contribution in [0.2, 0.25) is 0 Å². The second-order valence-electron chi connectivity index (χ2n) is 4.46. The van der Waals surface area contributed by atoms with Crippen LogP contribution < -0.4 is 10.1 Å². The standard InChI is InChI=1S/C14H21NO/c1-3-13(15-4-2)12-9-11-7-5-6-8-14(11)16-10-12/h5-8,12-13,15H,3-4,9-10H2,1-2H3. The molecule has 0 aromatic heterocycles. The van der Waals surface area contributed by atoms with Crippen LogP contribution in [0, 0.1) is 5.92 Å². The summed E-state index contributed by atoms with van der Waals surface area (Å²) in [6.07, 6.45) is 2.31. The first-order chi connectivity index (χ1) is 7.85. The Bertz CT molecular complexity index is 337. The number of para-hydroxylation sites is 1. The Balaban J connectivity index is 2.06. The molecule has 0 aliphatic carbocycles. The lowest BCUT2D eigenvalue weighted by molar-refractivity contribution is 0.182. The van der Waals surface area contributed by atoms with Gasteiger partial charge in [0.25, 0.3) is 0 Å². The van der Waals surface area contributed by atoms with Crippen molar-refractivity contribution in [1.29, 1.82) is 0 Å². The lowest BCUT2D eigenvalue weighted by Gasteiger charge is -2.31. The maximum Gasteiger partial charge on any atom is 0.122 e. The number of hydrogen-bond donors (Lipinski definition) is 1. The van der Waals surface area contributed by atoms with Crippen LogP contribution in [0.3, 0.4) is 0 Å². The average Bonchev–Trinajstić information content (AvgIpc) is 2.35. The summed E-state index contributed by atoms with van der Waals surface area (Å²) in [6.45, 7) is 6.30. The van der Waals surface area contributed by atoms with Gasteiger partial charge in [-0.15, -0.1) is 0 Å². The summed E-state index contributed by atoms with van der Waals surface area (Å²) in [5.74, 6) is 1.69. The molecule has 1 aromatic carbocycles. The van der Waals surface area contributed by atoms with E-state index >= 15 is 0 Å². The van der Waals surface area contributed by atoms with Crippen LogP contribution in [0.5, 0.6) is 5.75 Å². The number of ether oxygens (including phenoxy) is 1. The minimum atomic E-state index is 0.582. The van der Waals surface area contributed by atoms with Gasteiger partial charge in [0.15, 0.2) is 0 Å². The van der Waals surface area contributed by atoms with Gasteiger partial charge in [-0.05, 0) is 31.0 Å². The van der Waals surface area contributed by atoms with Crippen molar-refractivity contribution >= 4 is 0 Å². The molecular formula is C14H21NO. The Kier molecular flexibility index (Phi) is 3.83. The summed E-state index contributed by atoms with van der Waals surface area (Å²) in [5, 5.41) is 3.55.